The van der Waals surface area contributed by atoms with Crippen molar-refractivity contribution in [2.75, 3.05) is 53.7 Å². The fourth-order valence-electron chi connectivity index (χ4n) is 4.34. The molecule has 3 N–H and O–H groups in total. The van der Waals surface area contributed by atoms with Gasteiger partial charge in [-0.3, -0.25) is 9.69 Å². The van der Waals surface area contributed by atoms with Gasteiger partial charge in [0.15, 0.2) is 0 Å². The van der Waals surface area contributed by atoms with Gasteiger partial charge in [-0.25, -0.2) is 9.78 Å². The normalized spacial score (nSPS) is 15.5. The van der Waals surface area contributed by atoms with Crippen molar-refractivity contribution in [1.82, 2.24) is 20.2 Å². The molecule has 0 atom stereocenters. The first-order valence-electron chi connectivity index (χ1n) is 12.2. The third-order valence-corrected chi connectivity index (χ3v) is 6.51. The number of carbonyl (C=O) groups is 2. The second-order valence-electron chi connectivity index (χ2n) is 9.14. The average Bonchev–Trinajstić information content (AvgIpc) is 2.92. The topological polar surface area (TPSA) is 106 Å². The second-order valence-corrected chi connectivity index (χ2v) is 9.14. The van der Waals surface area contributed by atoms with Crippen LogP contribution in [0.25, 0.3) is 0 Å². The van der Waals surface area contributed by atoms with Gasteiger partial charge in [-0.15, -0.1) is 0 Å². The second kappa shape index (κ2) is 10.7. The summed E-state index contributed by atoms with van der Waals surface area (Å²) in [6, 6.07) is 15.3. The first-order valence-corrected chi connectivity index (χ1v) is 12.2. The summed E-state index contributed by atoms with van der Waals surface area (Å²) in [5.74, 6) is 0.718. The van der Waals surface area contributed by atoms with Crippen molar-refractivity contribution >= 4 is 40.8 Å². The lowest BCUT2D eigenvalue weighted by molar-refractivity contribution is -0.111. The number of nitrogens with zero attached hydrogens (tertiary/aromatic N) is 5. The van der Waals surface area contributed by atoms with E-state index in [1.54, 1.807) is 23.2 Å². The van der Waals surface area contributed by atoms with E-state index in [-0.39, 0.29) is 11.9 Å². The van der Waals surface area contributed by atoms with Crippen LogP contribution in [0.1, 0.15) is 11.1 Å². The van der Waals surface area contributed by atoms with E-state index in [1.807, 2.05) is 24.3 Å². The van der Waals surface area contributed by atoms with Crippen molar-refractivity contribution < 1.29 is 9.59 Å². The zero-order valence-corrected chi connectivity index (χ0v) is 20.8. The molecule has 2 aliphatic heterocycles. The van der Waals surface area contributed by atoms with Crippen LogP contribution in [-0.4, -0.2) is 60.0 Å². The predicted octanol–water partition coefficient (Wildman–Crippen LogP) is 3.33. The smallest absolute Gasteiger partial charge is 0.323 e. The molecule has 10 nitrogen and oxygen atoms in total. The molecular formula is C27H30N8O2. The summed E-state index contributed by atoms with van der Waals surface area (Å²) in [5, 5.41) is 8.86. The van der Waals surface area contributed by atoms with Crippen molar-refractivity contribution in [3.8, 4) is 0 Å². The van der Waals surface area contributed by atoms with Gasteiger partial charge >= 0.3 is 6.03 Å². The summed E-state index contributed by atoms with van der Waals surface area (Å²) in [4.78, 5) is 39.7. The van der Waals surface area contributed by atoms with Gasteiger partial charge in [0.1, 0.15) is 5.82 Å². The van der Waals surface area contributed by atoms with Gasteiger partial charge in [0.2, 0.25) is 11.9 Å². The van der Waals surface area contributed by atoms with E-state index in [4.69, 9.17) is 0 Å². The van der Waals surface area contributed by atoms with Crippen LogP contribution >= 0.6 is 0 Å². The van der Waals surface area contributed by atoms with Crippen LogP contribution in [0.4, 0.5) is 33.6 Å². The molecule has 2 aliphatic rings. The summed E-state index contributed by atoms with van der Waals surface area (Å²) in [5.41, 5.74) is 4.46. The molecule has 190 valence electrons. The average molecular weight is 499 g/mol. The molecule has 1 aromatic heterocycles. The first kappa shape index (κ1) is 24.3. The highest BCUT2D eigenvalue weighted by atomic mass is 16.2. The Kier molecular flexibility index (Phi) is 7.00. The zero-order valence-electron chi connectivity index (χ0n) is 20.8. The van der Waals surface area contributed by atoms with Gasteiger partial charge in [0.25, 0.3) is 0 Å². The SMILES string of the molecule is C=CC(=O)Nc1ccc(CN2C(=O)NCc3cnc(Nc4ccc(N5CCN(C)CC5)cc4)nc32)cc1. The highest BCUT2D eigenvalue weighted by Crippen LogP contribution is 2.27. The van der Waals surface area contributed by atoms with E-state index in [2.05, 4.69) is 61.5 Å². The molecule has 0 spiro atoms. The van der Waals surface area contributed by atoms with Crippen LogP contribution in [0, 0.1) is 0 Å². The minimum Gasteiger partial charge on any atom is -0.369 e. The molecule has 37 heavy (non-hydrogen) atoms. The molecule has 1 saturated heterocycles. The molecule has 0 aliphatic carbocycles. The third-order valence-electron chi connectivity index (χ3n) is 6.51. The number of hydrogen-bond acceptors (Lipinski definition) is 7. The number of aromatic nitrogens is 2. The third kappa shape index (κ3) is 5.70. The molecule has 3 heterocycles. The van der Waals surface area contributed by atoms with Gasteiger partial charge in [0, 0.05) is 61.5 Å². The molecule has 0 saturated carbocycles. The summed E-state index contributed by atoms with van der Waals surface area (Å²) < 4.78 is 0. The lowest BCUT2D eigenvalue weighted by atomic mass is 10.1. The largest absolute Gasteiger partial charge is 0.369 e. The number of amides is 3. The van der Waals surface area contributed by atoms with Crippen molar-refractivity contribution in [2.45, 2.75) is 13.1 Å². The van der Waals surface area contributed by atoms with Crippen LogP contribution in [0.2, 0.25) is 0 Å². The minimum atomic E-state index is -0.275. The van der Waals surface area contributed by atoms with E-state index < -0.39 is 0 Å². The van der Waals surface area contributed by atoms with Crippen LogP contribution in [0.5, 0.6) is 0 Å². The van der Waals surface area contributed by atoms with Crippen LogP contribution in [0.15, 0.2) is 67.4 Å². The number of benzene rings is 2. The number of rotatable bonds is 7. The van der Waals surface area contributed by atoms with Crippen LogP contribution in [-0.2, 0) is 17.9 Å². The molecule has 5 rings (SSSR count). The summed E-state index contributed by atoms with van der Waals surface area (Å²) in [7, 11) is 2.15. The molecule has 0 unspecified atom stereocenters. The van der Waals surface area contributed by atoms with E-state index in [9.17, 15) is 9.59 Å². The molecule has 1 fully saturated rings. The summed E-state index contributed by atoms with van der Waals surface area (Å²) in [6.45, 7) is 8.30. The van der Waals surface area contributed by atoms with Crippen LogP contribution < -0.4 is 25.8 Å². The number of nitrogens with one attached hydrogen (secondary N) is 3. The fourth-order valence-corrected chi connectivity index (χ4v) is 4.34. The Morgan fingerprint density at radius 1 is 1.05 bits per heavy atom. The highest BCUT2D eigenvalue weighted by Gasteiger charge is 2.26. The number of carbonyl (C=O) groups excluding carboxylic acids is 2. The zero-order chi connectivity index (χ0) is 25.8. The fraction of sp³-hybridized carbons (Fsp3) is 0.259. The molecule has 2 aromatic carbocycles. The lowest BCUT2D eigenvalue weighted by Crippen LogP contribution is -2.44. The van der Waals surface area contributed by atoms with E-state index >= 15 is 0 Å². The van der Waals surface area contributed by atoms with Gasteiger partial charge in [-0.05, 0) is 55.1 Å². The maximum atomic E-state index is 12.7. The Hall–Kier alpha value is -4.44. The summed E-state index contributed by atoms with van der Waals surface area (Å²) in [6.07, 6.45) is 2.96. The Morgan fingerprint density at radius 3 is 2.46 bits per heavy atom. The van der Waals surface area contributed by atoms with E-state index in [1.165, 1.54) is 11.8 Å². The molecule has 3 aromatic rings. The number of fused-ring (bicyclic) bond motifs is 1. The van der Waals surface area contributed by atoms with Crippen LogP contribution in [0.3, 0.4) is 0 Å². The quantitative estimate of drug-likeness (QED) is 0.429. The number of anilines is 5. The Bertz CT molecular complexity index is 1280. The Balaban J connectivity index is 1.29. The van der Waals surface area contributed by atoms with Gasteiger partial charge < -0.3 is 25.8 Å². The van der Waals surface area contributed by atoms with E-state index in [0.29, 0.717) is 30.5 Å². The summed E-state index contributed by atoms with van der Waals surface area (Å²) >= 11 is 0. The lowest BCUT2D eigenvalue weighted by Gasteiger charge is -2.34. The van der Waals surface area contributed by atoms with Crippen molar-refractivity contribution in [2.24, 2.45) is 0 Å². The minimum absolute atomic E-state index is 0.224. The maximum Gasteiger partial charge on any atom is 0.323 e. The molecule has 10 heteroatoms. The number of likely N-dealkylation sites (N-methyl/N-ethyl adjacent to an activating group) is 1. The van der Waals surface area contributed by atoms with Gasteiger partial charge in [-0.2, -0.15) is 4.98 Å². The van der Waals surface area contributed by atoms with Crippen molar-refractivity contribution in [1.29, 1.82) is 0 Å². The number of urea groups is 1. The van der Waals surface area contributed by atoms with Crippen molar-refractivity contribution in [3.63, 3.8) is 0 Å². The molecule has 0 radical (unpaired) electrons. The standard InChI is InChI=1S/C27H30N8O2/c1-3-24(36)30-21-6-4-19(5-7-21)18-35-25-20(17-29-27(35)37)16-28-26(32-25)31-22-8-10-23(11-9-22)34-14-12-33(2)13-15-34/h3-11,16H,1,12-15,17-18H2,2H3,(H,29,37)(H,30,36)(H,28,31,32). The number of piperazine rings is 1. The van der Waals surface area contributed by atoms with Crippen molar-refractivity contribution in [3.05, 3.63) is 78.5 Å². The predicted molar refractivity (Wildman–Crippen MR) is 145 cm³/mol. The number of hydrogen-bond donors (Lipinski definition) is 3. The van der Waals surface area contributed by atoms with E-state index in [0.717, 1.165) is 43.0 Å². The molecule has 0 bridgehead atoms. The van der Waals surface area contributed by atoms with Gasteiger partial charge in [0.05, 0.1) is 6.54 Å². The highest BCUT2D eigenvalue weighted by molar-refractivity contribution is 5.98. The Morgan fingerprint density at radius 2 is 1.76 bits per heavy atom. The molecule has 3 amide bonds. The van der Waals surface area contributed by atoms with Gasteiger partial charge in [-0.1, -0.05) is 18.7 Å². The first-order chi connectivity index (χ1) is 18.0. The maximum absolute atomic E-state index is 12.7. The Labute approximate surface area is 216 Å². The monoisotopic (exact) mass is 498 g/mol. The molecular weight excluding hydrogens is 468 g/mol.